The molecular formula is C26H46N2. The van der Waals surface area contributed by atoms with Crippen LogP contribution in [-0.2, 0) is 0 Å². The van der Waals surface area contributed by atoms with Gasteiger partial charge in [0.25, 0.3) is 0 Å². The van der Waals surface area contributed by atoms with E-state index in [0.717, 1.165) is 19.0 Å². The molecule has 0 aromatic heterocycles. The van der Waals surface area contributed by atoms with E-state index in [4.69, 9.17) is 0 Å². The van der Waals surface area contributed by atoms with Gasteiger partial charge in [0.1, 0.15) is 0 Å². The fourth-order valence-electron chi connectivity index (χ4n) is 5.42. The van der Waals surface area contributed by atoms with Gasteiger partial charge in [-0.25, -0.2) is 0 Å². The molecule has 0 amide bonds. The Kier molecular flexibility index (Phi) is 8.58. The Morgan fingerprint density at radius 1 is 1.11 bits per heavy atom. The van der Waals surface area contributed by atoms with E-state index in [9.17, 15) is 0 Å². The molecule has 2 fully saturated rings. The predicted octanol–water partition coefficient (Wildman–Crippen LogP) is 6.41. The molecule has 0 aromatic carbocycles. The molecule has 28 heavy (non-hydrogen) atoms. The molecule has 0 saturated heterocycles. The van der Waals surface area contributed by atoms with Crippen LogP contribution in [0.3, 0.4) is 0 Å². The minimum atomic E-state index is 0.154. The molecule has 2 aliphatic carbocycles. The Labute approximate surface area is 175 Å². The SMILES string of the molecule is C=C(/C=C(\C=C/C)C(C)(C)C)C[C@H]1CC[C@@H](C)[C@@]1(CNC1CCCCC1)NC. The van der Waals surface area contributed by atoms with E-state index in [1.165, 1.54) is 56.1 Å². The van der Waals surface area contributed by atoms with E-state index in [1.807, 2.05) is 0 Å². The lowest BCUT2D eigenvalue weighted by Crippen LogP contribution is -2.58. The van der Waals surface area contributed by atoms with Crippen LogP contribution in [0, 0.1) is 17.3 Å². The third-order valence-corrected chi connectivity index (χ3v) is 7.39. The molecule has 0 aliphatic heterocycles. The molecule has 0 spiro atoms. The van der Waals surface area contributed by atoms with Gasteiger partial charge in [0.05, 0.1) is 0 Å². The quantitative estimate of drug-likeness (QED) is 0.471. The molecule has 0 unspecified atom stereocenters. The van der Waals surface area contributed by atoms with Gasteiger partial charge in [-0.05, 0) is 68.9 Å². The third kappa shape index (κ3) is 5.83. The fourth-order valence-corrected chi connectivity index (χ4v) is 5.42. The Balaban J connectivity index is 2.09. The molecular weight excluding hydrogens is 340 g/mol. The van der Waals surface area contributed by atoms with Crippen LogP contribution in [0.2, 0.25) is 0 Å². The Bertz CT molecular complexity index is 559. The van der Waals surface area contributed by atoms with Gasteiger partial charge in [-0.1, -0.05) is 77.3 Å². The molecule has 2 nitrogen and oxygen atoms in total. The lowest BCUT2D eigenvalue weighted by Gasteiger charge is -2.41. The van der Waals surface area contributed by atoms with Crippen molar-refractivity contribution in [2.24, 2.45) is 17.3 Å². The lowest BCUT2D eigenvalue weighted by atomic mass is 9.77. The van der Waals surface area contributed by atoms with Gasteiger partial charge in [-0.3, -0.25) is 0 Å². The summed E-state index contributed by atoms with van der Waals surface area (Å²) in [5.74, 6) is 1.35. The summed E-state index contributed by atoms with van der Waals surface area (Å²) in [6.45, 7) is 17.0. The second-order valence-corrected chi connectivity index (χ2v) is 10.4. The maximum atomic E-state index is 4.47. The normalized spacial score (nSPS) is 30.3. The number of hydrogen-bond acceptors (Lipinski definition) is 2. The van der Waals surface area contributed by atoms with Gasteiger partial charge >= 0.3 is 0 Å². The number of allylic oxidation sites excluding steroid dienone is 5. The maximum Gasteiger partial charge on any atom is 0.0361 e. The van der Waals surface area contributed by atoms with E-state index in [1.54, 1.807) is 0 Å². The van der Waals surface area contributed by atoms with E-state index < -0.39 is 0 Å². The smallest absolute Gasteiger partial charge is 0.0361 e. The molecule has 0 heterocycles. The lowest BCUT2D eigenvalue weighted by molar-refractivity contribution is 0.185. The highest BCUT2D eigenvalue weighted by Crippen LogP contribution is 2.44. The van der Waals surface area contributed by atoms with Crippen molar-refractivity contribution < 1.29 is 0 Å². The highest BCUT2D eigenvalue weighted by Gasteiger charge is 2.46. The topological polar surface area (TPSA) is 24.1 Å². The highest BCUT2D eigenvalue weighted by molar-refractivity contribution is 5.33. The average molecular weight is 387 g/mol. The molecule has 160 valence electrons. The molecule has 2 rings (SSSR count). The zero-order valence-electron chi connectivity index (χ0n) is 19.5. The van der Waals surface area contributed by atoms with Crippen molar-refractivity contribution in [1.82, 2.24) is 10.6 Å². The zero-order valence-corrected chi connectivity index (χ0v) is 19.5. The Hall–Kier alpha value is -0.860. The van der Waals surface area contributed by atoms with E-state index in [-0.39, 0.29) is 11.0 Å². The van der Waals surface area contributed by atoms with Crippen LogP contribution in [0.1, 0.15) is 86.0 Å². The first-order valence-corrected chi connectivity index (χ1v) is 11.7. The molecule has 0 aromatic rings. The Morgan fingerprint density at radius 3 is 2.36 bits per heavy atom. The van der Waals surface area contributed by atoms with Crippen LogP contribution in [-0.4, -0.2) is 25.2 Å². The van der Waals surface area contributed by atoms with Gasteiger partial charge in [0.15, 0.2) is 0 Å². The highest BCUT2D eigenvalue weighted by atomic mass is 15.1. The van der Waals surface area contributed by atoms with Gasteiger partial charge in [0, 0.05) is 18.1 Å². The minimum Gasteiger partial charge on any atom is -0.313 e. The molecule has 2 aliphatic rings. The number of likely N-dealkylation sites (N-methyl/N-ethyl adjacent to an activating group) is 1. The first-order valence-electron chi connectivity index (χ1n) is 11.7. The minimum absolute atomic E-state index is 0.154. The predicted molar refractivity (Wildman–Crippen MR) is 125 cm³/mol. The van der Waals surface area contributed by atoms with Crippen molar-refractivity contribution in [3.05, 3.63) is 36.0 Å². The van der Waals surface area contributed by atoms with Crippen LogP contribution in [0.4, 0.5) is 0 Å². The molecule has 0 bridgehead atoms. The molecule has 2 N–H and O–H groups in total. The van der Waals surface area contributed by atoms with Crippen LogP contribution >= 0.6 is 0 Å². The Morgan fingerprint density at radius 2 is 1.79 bits per heavy atom. The van der Waals surface area contributed by atoms with Crippen molar-refractivity contribution in [3.63, 3.8) is 0 Å². The molecule has 0 radical (unpaired) electrons. The largest absolute Gasteiger partial charge is 0.313 e. The van der Waals surface area contributed by atoms with Crippen molar-refractivity contribution >= 4 is 0 Å². The second kappa shape index (κ2) is 10.3. The maximum absolute atomic E-state index is 4.47. The summed E-state index contributed by atoms with van der Waals surface area (Å²) in [6, 6.07) is 0.720. The summed E-state index contributed by atoms with van der Waals surface area (Å²) in [5.41, 5.74) is 3.00. The average Bonchev–Trinajstić information content (AvgIpc) is 2.95. The van der Waals surface area contributed by atoms with Gasteiger partial charge in [-0.15, -0.1) is 0 Å². The monoisotopic (exact) mass is 386 g/mol. The third-order valence-electron chi connectivity index (χ3n) is 7.39. The van der Waals surface area contributed by atoms with Gasteiger partial charge in [-0.2, -0.15) is 0 Å². The summed E-state index contributed by atoms with van der Waals surface area (Å²) in [4.78, 5) is 0. The van der Waals surface area contributed by atoms with Crippen molar-refractivity contribution in [3.8, 4) is 0 Å². The first kappa shape index (κ1) is 23.4. The summed E-state index contributed by atoms with van der Waals surface area (Å²) in [7, 11) is 2.18. The summed E-state index contributed by atoms with van der Waals surface area (Å²) in [5, 5.41) is 7.75. The first-order chi connectivity index (χ1) is 13.2. The van der Waals surface area contributed by atoms with Crippen LogP contribution < -0.4 is 10.6 Å². The molecule has 2 heteroatoms. The zero-order chi connectivity index (χ0) is 20.8. The number of nitrogens with one attached hydrogen (secondary N) is 2. The van der Waals surface area contributed by atoms with Gasteiger partial charge in [0.2, 0.25) is 0 Å². The van der Waals surface area contributed by atoms with Crippen molar-refractivity contribution in [1.29, 1.82) is 0 Å². The van der Waals surface area contributed by atoms with Crippen LogP contribution in [0.25, 0.3) is 0 Å². The second-order valence-electron chi connectivity index (χ2n) is 10.4. The molecule has 2 saturated carbocycles. The van der Waals surface area contributed by atoms with Crippen LogP contribution in [0.5, 0.6) is 0 Å². The van der Waals surface area contributed by atoms with Crippen LogP contribution in [0.15, 0.2) is 36.0 Å². The standard InChI is InChI=1S/C26H46N2/c1-8-12-22(25(4,5)6)17-20(2)18-23-16-15-21(3)26(23,27-7)19-28-24-13-10-9-11-14-24/h8,12,17,21,23-24,27-28H,2,9-11,13-16,18-19H2,1,3-7H3/b12-8-,22-17+/t21-,23-,26-/m1/s1. The summed E-state index contributed by atoms with van der Waals surface area (Å²) >= 11 is 0. The van der Waals surface area contributed by atoms with Crippen molar-refractivity contribution in [2.45, 2.75) is 97.6 Å². The summed E-state index contributed by atoms with van der Waals surface area (Å²) in [6.07, 6.45) is 17.4. The van der Waals surface area contributed by atoms with E-state index in [2.05, 4.69) is 77.1 Å². The number of hydrogen-bond donors (Lipinski definition) is 2. The van der Waals surface area contributed by atoms with Crippen molar-refractivity contribution in [2.75, 3.05) is 13.6 Å². The van der Waals surface area contributed by atoms with E-state index in [0.29, 0.717) is 11.8 Å². The fraction of sp³-hybridized carbons (Fsp3) is 0.769. The number of rotatable bonds is 8. The molecule has 3 atom stereocenters. The van der Waals surface area contributed by atoms with Gasteiger partial charge < -0.3 is 10.6 Å². The summed E-state index contributed by atoms with van der Waals surface area (Å²) < 4.78 is 0. The van der Waals surface area contributed by atoms with E-state index >= 15 is 0 Å².